The number of carbonyl (C=O) groups excluding carboxylic acids is 1. The zero-order valence-corrected chi connectivity index (χ0v) is 14.3. The Kier molecular flexibility index (Phi) is 3.27. The number of halogens is 1. The molecule has 1 N–H and O–H groups in total. The molecule has 128 valence electrons. The molecule has 0 aromatic rings. The van der Waals surface area contributed by atoms with Crippen LogP contribution < -0.4 is 0 Å². The van der Waals surface area contributed by atoms with Crippen LogP contribution in [-0.2, 0) is 4.79 Å². The van der Waals surface area contributed by atoms with Crippen LogP contribution in [0.5, 0.6) is 0 Å². The number of likely N-dealkylation sites (N-methyl/N-ethyl adjacent to an activating group) is 1. The lowest BCUT2D eigenvalue weighted by atomic mass is 9.48. The minimum atomic E-state index is -1.07. The van der Waals surface area contributed by atoms with E-state index in [9.17, 15) is 14.3 Å². The first-order valence-electron chi connectivity index (χ1n) is 9.07. The van der Waals surface area contributed by atoms with E-state index in [0.717, 1.165) is 25.7 Å². The summed E-state index contributed by atoms with van der Waals surface area (Å²) in [6.45, 7) is 4.38. The molecule has 3 saturated carbocycles. The van der Waals surface area contributed by atoms with Crippen LogP contribution in [0.25, 0.3) is 0 Å². The maximum Gasteiger partial charge on any atom is 0.246 e. The molecular weight excluding hydrogens is 293 g/mol. The molecule has 0 aromatic carbocycles. The second-order valence-corrected chi connectivity index (χ2v) is 8.86. The Labute approximate surface area is 137 Å². The van der Waals surface area contributed by atoms with E-state index in [1.165, 1.54) is 0 Å². The zero-order valence-electron chi connectivity index (χ0n) is 14.3. The molecule has 0 bridgehead atoms. The lowest BCUT2D eigenvalue weighted by Gasteiger charge is -2.59. The van der Waals surface area contributed by atoms with Crippen LogP contribution in [-0.4, -0.2) is 41.3 Å². The highest BCUT2D eigenvalue weighted by atomic mass is 19.1. The van der Waals surface area contributed by atoms with E-state index in [-0.39, 0.29) is 28.7 Å². The van der Waals surface area contributed by atoms with Gasteiger partial charge in [0.05, 0.1) is 6.10 Å². The second-order valence-electron chi connectivity index (χ2n) is 8.86. The number of carbonyl (C=O) groups is 1. The largest absolute Gasteiger partial charge is 0.390 e. The summed E-state index contributed by atoms with van der Waals surface area (Å²) < 4.78 is 14.2. The van der Waals surface area contributed by atoms with E-state index in [1.54, 1.807) is 6.08 Å². The Hall–Kier alpha value is -0.900. The van der Waals surface area contributed by atoms with Gasteiger partial charge in [-0.05, 0) is 61.3 Å². The summed E-state index contributed by atoms with van der Waals surface area (Å²) in [5.41, 5.74) is -0.268. The zero-order chi connectivity index (χ0) is 16.6. The monoisotopic (exact) mass is 321 g/mol. The average Bonchev–Trinajstić information content (AvgIpc) is 2.75. The lowest BCUT2D eigenvalue weighted by Crippen LogP contribution is -2.59. The number of aliphatic hydroxyl groups excluding tert-OH is 1. The van der Waals surface area contributed by atoms with E-state index in [4.69, 9.17) is 0 Å². The molecule has 4 heteroatoms. The number of hydrogen-bond acceptors (Lipinski definition) is 2. The number of aliphatic hydroxyl groups is 1. The number of fused-ring (bicyclic) bond motifs is 5. The topological polar surface area (TPSA) is 40.5 Å². The summed E-state index contributed by atoms with van der Waals surface area (Å²) >= 11 is 0. The summed E-state index contributed by atoms with van der Waals surface area (Å²) in [5, 5.41) is 10.4. The molecule has 3 nitrogen and oxygen atoms in total. The molecule has 3 fully saturated rings. The molecular formula is C19H28FNO2. The minimum absolute atomic E-state index is 0.00768. The Bertz CT molecular complexity index is 564. The summed E-state index contributed by atoms with van der Waals surface area (Å²) in [6, 6.07) is 0.262. The van der Waals surface area contributed by atoms with Crippen LogP contribution in [0.1, 0.15) is 46.0 Å². The van der Waals surface area contributed by atoms with Gasteiger partial charge in [0.1, 0.15) is 6.17 Å². The van der Waals surface area contributed by atoms with Crippen molar-refractivity contribution in [1.29, 1.82) is 0 Å². The van der Waals surface area contributed by atoms with Gasteiger partial charge in [0.15, 0.2) is 0 Å². The molecule has 4 aliphatic rings. The number of hydrogen-bond donors (Lipinski definition) is 1. The standard InChI is InChI=1S/C19H28FNO2/c1-18-9-7-16(22)21(3)15(18)5-4-11-12(18)6-8-19(2)13(11)10-14(20)17(19)23/h7,9,11-15,17,23H,4-6,8,10H2,1-3H3/t11?,12?,13-,14+,15+,17+,18+,19-/m0/s1. The molecule has 3 aliphatic carbocycles. The Morgan fingerprint density at radius 2 is 2.00 bits per heavy atom. The Balaban J connectivity index is 1.70. The maximum absolute atomic E-state index is 14.2. The third kappa shape index (κ3) is 1.87. The summed E-state index contributed by atoms with van der Waals surface area (Å²) in [6.07, 6.45) is 6.48. The predicted octanol–water partition coefficient (Wildman–Crippen LogP) is 2.93. The van der Waals surface area contributed by atoms with Gasteiger partial charge in [0, 0.05) is 18.5 Å². The van der Waals surface area contributed by atoms with Gasteiger partial charge >= 0.3 is 0 Å². The molecule has 2 unspecified atom stereocenters. The van der Waals surface area contributed by atoms with Crippen molar-refractivity contribution in [2.24, 2.45) is 28.6 Å². The average molecular weight is 321 g/mol. The molecule has 0 radical (unpaired) electrons. The number of amides is 1. The van der Waals surface area contributed by atoms with Crippen molar-refractivity contribution in [3.8, 4) is 0 Å². The van der Waals surface area contributed by atoms with Crippen molar-refractivity contribution >= 4 is 5.91 Å². The highest BCUT2D eigenvalue weighted by molar-refractivity contribution is 5.89. The quantitative estimate of drug-likeness (QED) is 0.745. The first-order chi connectivity index (χ1) is 10.8. The van der Waals surface area contributed by atoms with Gasteiger partial charge in [-0.15, -0.1) is 0 Å². The molecule has 1 amide bonds. The molecule has 1 heterocycles. The van der Waals surface area contributed by atoms with Gasteiger partial charge in [-0.25, -0.2) is 4.39 Å². The second kappa shape index (κ2) is 4.81. The third-order valence-corrected chi connectivity index (χ3v) is 8.06. The SMILES string of the molecule is CN1C(=O)C=C[C@]2(C)C3CC[C@]4(C)[C@H](O)[C@H](F)C[C@H]4C3CC[C@@H]12. The lowest BCUT2D eigenvalue weighted by molar-refractivity contribution is -0.140. The molecule has 4 rings (SSSR count). The highest BCUT2D eigenvalue weighted by Gasteiger charge is 2.62. The fourth-order valence-electron chi connectivity index (χ4n) is 6.68. The Morgan fingerprint density at radius 1 is 1.26 bits per heavy atom. The van der Waals surface area contributed by atoms with Gasteiger partial charge in [-0.1, -0.05) is 19.9 Å². The third-order valence-electron chi connectivity index (χ3n) is 8.06. The van der Waals surface area contributed by atoms with Crippen molar-refractivity contribution in [3.05, 3.63) is 12.2 Å². The van der Waals surface area contributed by atoms with Crippen molar-refractivity contribution in [3.63, 3.8) is 0 Å². The van der Waals surface area contributed by atoms with Crippen LogP contribution in [0, 0.1) is 28.6 Å². The van der Waals surface area contributed by atoms with Gasteiger partial charge in [0.25, 0.3) is 0 Å². The molecule has 23 heavy (non-hydrogen) atoms. The van der Waals surface area contributed by atoms with Crippen molar-refractivity contribution in [2.45, 2.75) is 64.3 Å². The fourth-order valence-corrected chi connectivity index (χ4v) is 6.68. The number of rotatable bonds is 0. The van der Waals surface area contributed by atoms with Crippen LogP contribution in [0.3, 0.4) is 0 Å². The number of nitrogens with zero attached hydrogens (tertiary/aromatic N) is 1. The minimum Gasteiger partial charge on any atom is -0.390 e. The van der Waals surface area contributed by atoms with Crippen LogP contribution in [0.2, 0.25) is 0 Å². The molecule has 0 aromatic heterocycles. The van der Waals surface area contributed by atoms with E-state index < -0.39 is 12.3 Å². The van der Waals surface area contributed by atoms with E-state index in [1.807, 2.05) is 11.9 Å². The first-order valence-corrected chi connectivity index (χ1v) is 9.07. The van der Waals surface area contributed by atoms with E-state index in [2.05, 4.69) is 19.9 Å². The van der Waals surface area contributed by atoms with Crippen LogP contribution >= 0.6 is 0 Å². The molecule has 0 spiro atoms. The van der Waals surface area contributed by atoms with Gasteiger partial charge < -0.3 is 10.0 Å². The smallest absolute Gasteiger partial charge is 0.246 e. The summed E-state index contributed by atoms with van der Waals surface area (Å²) in [7, 11) is 1.92. The summed E-state index contributed by atoms with van der Waals surface area (Å²) in [4.78, 5) is 13.9. The van der Waals surface area contributed by atoms with Crippen molar-refractivity contribution in [2.75, 3.05) is 7.05 Å². The highest BCUT2D eigenvalue weighted by Crippen LogP contribution is 2.64. The summed E-state index contributed by atoms with van der Waals surface area (Å²) in [5.74, 6) is 1.34. The van der Waals surface area contributed by atoms with Crippen LogP contribution in [0.4, 0.5) is 4.39 Å². The van der Waals surface area contributed by atoms with Crippen LogP contribution in [0.15, 0.2) is 12.2 Å². The van der Waals surface area contributed by atoms with Gasteiger partial charge in [0.2, 0.25) is 5.91 Å². The van der Waals surface area contributed by atoms with Crippen molar-refractivity contribution < 1.29 is 14.3 Å². The van der Waals surface area contributed by atoms with Crippen molar-refractivity contribution in [1.82, 2.24) is 4.90 Å². The van der Waals surface area contributed by atoms with Gasteiger partial charge in [-0.3, -0.25) is 4.79 Å². The predicted molar refractivity (Wildman–Crippen MR) is 86.4 cm³/mol. The molecule has 1 aliphatic heterocycles. The molecule has 0 saturated heterocycles. The maximum atomic E-state index is 14.2. The number of alkyl halides is 1. The molecule has 8 atom stereocenters. The van der Waals surface area contributed by atoms with E-state index >= 15 is 0 Å². The first kappa shape index (κ1) is 15.6. The fraction of sp³-hybridized carbons (Fsp3) is 0.842. The Morgan fingerprint density at radius 3 is 2.74 bits per heavy atom. The normalized spacial score (nSPS) is 55.3. The van der Waals surface area contributed by atoms with E-state index in [0.29, 0.717) is 18.3 Å². The van der Waals surface area contributed by atoms with Gasteiger partial charge in [-0.2, -0.15) is 0 Å².